The molecule has 11 heavy (non-hydrogen) atoms. The molecular weight excluding hydrogens is 158 g/mol. The van der Waals surface area contributed by atoms with Gasteiger partial charge in [-0.25, -0.2) is 4.98 Å². The summed E-state index contributed by atoms with van der Waals surface area (Å²) in [5.41, 5.74) is 1.89. The van der Waals surface area contributed by atoms with Crippen molar-refractivity contribution in [2.24, 2.45) is 0 Å². The van der Waals surface area contributed by atoms with Crippen LogP contribution in [0, 0.1) is 0 Å². The summed E-state index contributed by atoms with van der Waals surface area (Å²) in [6, 6.07) is 0. The minimum atomic E-state index is 1.08. The second-order valence-electron chi connectivity index (χ2n) is 2.58. The lowest BCUT2D eigenvalue weighted by molar-refractivity contribution is 0.586. The topological polar surface area (TPSA) is 28.2 Å². The van der Waals surface area contributed by atoms with Crippen molar-refractivity contribution in [1.82, 2.24) is 10.3 Å². The zero-order valence-corrected chi connectivity index (χ0v) is 7.10. The van der Waals surface area contributed by atoms with Crippen molar-refractivity contribution in [3.63, 3.8) is 0 Å². The van der Waals surface area contributed by atoms with Gasteiger partial charge in [-0.3, -0.25) is 0 Å². The highest BCUT2D eigenvalue weighted by Gasteiger charge is 2.10. The third-order valence-electron chi connectivity index (χ3n) is 1.86. The summed E-state index contributed by atoms with van der Waals surface area (Å²) in [4.78, 5) is 6.57. The smallest absolute Gasteiger partial charge is 0.139 e. The van der Waals surface area contributed by atoms with Crippen molar-refractivity contribution in [3.05, 3.63) is 10.9 Å². The van der Waals surface area contributed by atoms with Crippen LogP contribution in [0.4, 0.5) is 5.82 Å². The maximum Gasteiger partial charge on any atom is 0.139 e. The van der Waals surface area contributed by atoms with E-state index in [-0.39, 0.29) is 0 Å². The van der Waals surface area contributed by atoms with E-state index in [1.807, 2.05) is 5.51 Å². The zero-order chi connectivity index (χ0) is 7.52. The molecule has 2 heterocycles. The highest BCUT2D eigenvalue weighted by atomic mass is 32.1. The molecule has 0 aromatic carbocycles. The van der Waals surface area contributed by atoms with Gasteiger partial charge >= 0.3 is 0 Å². The van der Waals surface area contributed by atoms with Gasteiger partial charge in [-0.05, 0) is 0 Å². The number of hydrogen-bond donors (Lipinski definition) is 1. The Morgan fingerprint density at radius 1 is 1.45 bits per heavy atom. The monoisotopic (exact) mass is 169 g/mol. The third kappa shape index (κ3) is 1.52. The highest BCUT2D eigenvalue weighted by Crippen LogP contribution is 2.13. The Bertz CT molecular complexity index is 203. The molecule has 1 N–H and O–H groups in total. The SMILES string of the molecule is c1nc(N2CCNCC2)cs1. The van der Waals surface area contributed by atoms with Crippen molar-refractivity contribution in [3.8, 4) is 0 Å². The molecule has 0 bridgehead atoms. The summed E-state index contributed by atoms with van der Waals surface area (Å²) in [6.07, 6.45) is 0. The van der Waals surface area contributed by atoms with Crippen LogP contribution in [0.1, 0.15) is 0 Å². The lowest BCUT2D eigenvalue weighted by Crippen LogP contribution is -2.43. The molecule has 0 saturated carbocycles. The average Bonchev–Trinajstić information content (AvgIpc) is 2.58. The molecule has 0 radical (unpaired) electrons. The van der Waals surface area contributed by atoms with Crippen LogP contribution >= 0.6 is 11.3 Å². The van der Waals surface area contributed by atoms with E-state index in [2.05, 4.69) is 20.6 Å². The van der Waals surface area contributed by atoms with Crippen molar-refractivity contribution < 1.29 is 0 Å². The van der Waals surface area contributed by atoms with Gasteiger partial charge in [0.05, 0.1) is 5.51 Å². The Morgan fingerprint density at radius 2 is 2.27 bits per heavy atom. The average molecular weight is 169 g/mol. The molecule has 1 fully saturated rings. The van der Waals surface area contributed by atoms with Gasteiger partial charge in [-0.1, -0.05) is 0 Å². The second kappa shape index (κ2) is 3.19. The van der Waals surface area contributed by atoms with Crippen LogP contribution in [-0.2, 0) is 0 Å². The molecule has 4 heteroatoms. The van der Waals surface area contributed by atoms with Gasteiger partial charge < -0.3 is 10.2 Å². The summed E-state index contributed by atoms with van der Waals surface area (Å²) in [5.74, 6) is 1.14. The summed E-state index contributed by atoms with van der Waals surface area (Å²) >= 11 is 1.66. The summed E-state index contributed by atoms with van der Waals surface area (Å²) in [5, 5.41) is 5.41. The van der Waals surface area contributed by atoms with Crippen LogP contribution in [0.15, 0.2) is 10.9 Å². The molecule has 1 aliphatic rings. The van der Waals surface area contributed by atoms with E-state index in [1.54, 1.807) is 11.3 Å². The molecule has 3 nitrogen and oxygen atoms in total. The van der Waals surface area contributed by atoms with E-state index in [9.17, 15) is 0 Å². The Labute approximate surface area is 70.1 Å². The molecule has 60 valence electrons. The molecule has 1 aromatic heterocycles. The lowest BCUT2D eigenvalue weighted by atomic mass is 10.4. The van der Waals surface area contributed by atoms with E-state index >= 15 is 0 Å². The second-order valence-corrected chi connectivity index (χ2v) is 3.30. The number of nitrogens with one attached hydrogen (secondary N) is 1. The van der Waals surface area contributed by atoms with Crippen molar-refractivity contribution in [1.29, 1.82) is 0 Å². The molecule has 1 aliphatic heterocycles. The van der Waals surface area contributed by atoms with Crippen molar-refractivity contribution in [2.75, 3.05) is 31.1 Å². The quantitative estimate of drug-likeness (QED) is 0.665. The minimum absolute atomic E-state index is 1.08. The molecule has 0 unspecified atom stereocenters. The molecule has 2 rings (SSSR count). The van der Waals surface area contributed by atoms with Crippen molar-refractivity contribution >= 4 is 17.2 Å². The summed E-state index contributed by atoms with van der Waals surface area (Å²) in [6.45, 7) is 4.34. The number of nitrogens with zero attached hydrogens (tertiary/aromatic N) is 2. The Kier molecular flexibility index (Phi) is 2.05. The number of piperazine rings is 1. The molecule has 0 atom stereocenters. The molecule has 1 aromatic rings. The number of rotatable bonds is 1. The largest absolute Gasteiger partial charge is 0.353 e. The van der Waals surface area contributed by atoms with Crippen molar-refractivity contribution in [2.45, 2.75) is 0 Å². The summed E-state index contributed by atoms with van der Waals surface area (Å²) < 4.78 is 0. The van der Waals surface area contributed by atoms with Gasteiger partial charge in [0.2, 0.25) is 0 Å². The standard InChI is InChI=1S/C7H11N3S/c1-3-10(4-2-8-1)7-5-11-6-9-7/h5-6,8H,1-4H2. The van der Waals surface area contributed by atoms with E-state index in [4.69, 9.17) is 0 Å². The molecular formula is C7H11N3S. The van der Waals surface area contributed by atoms with E-state index in [0.717, 1.165) is 32.0 Å². The van der Waals surface area contributed by atoms with E-state index in [0.29, 0.717) is 0 Å². The molecule has 0 spiro atoms. The number of anilines is 1. The third-order valence-corrected chi connectivity index (χ3v) is 2.43. The van der Waals surface area contributed by atoms with Crippen LogP contribution in [0.2, 0.25) is 0 Å². The lowest BCUT2D eigenvalue weighted by Gasteiger charge is -2.27. The Hall–Kier alpha value is -0.610. The van der Waals surface area contributed by atoms with Crippen LogP contribution in [-0.4, -0.2) is 31.2 Å². The van der Waals surface area contributed by atoms with Crippen LogP contribution < -0.4 is 10.2 Å². The Morgan fingerprint density at radius 3 is 2.91 bits per heavy atom. The first-order valence-corrected chi connectivity index (χ1v) is 4.75. The number of hydrogen-bond acceptors (Lipinski definition) is 4. The first-order valence-electron chi connectivity index (χ1n) is 3.81. The zero-order valence-electron chi connectivity index (χ0n) is 6.29. The maximum atomic E-state index is 4.26. The number of aromatic nitrogens is 1. The van der Waals surface area contributed by atoms with Gasteiger partial charge in [0.15, 0.2) is 0 Å². The van der Waals surface area contributed by atoms with E-state index < -0.39 is 0 Å². The van der Waals surface area contributed by atoms with Gasteiger partial charge in [-0.15, -0.1) is 11.3 Å². The maximum absolute atomic E-state index is 4.26. The molecule has 0 amide bonds. The first kappa shape index (κ1) is 7.06. The van der Waals surface area contributed by atoms with E-state index in [1.165, 1.54) is 0 Å². The number of thiazole rings is 1. The van der Waals surface area contributed by atoms with Crippen LogP contribution in [0.25, 0.3) is 0 Å². The van der Waals surface area contributed by atoms with Crippen LogP contribution in [0.3, 0.4) is 0 Å². The predicted molar refractivity (Wildman–Crippen MR) is 47.2 cm³/mol. The van der Waals surface area contributed by atoms with Gasteiger partial charge in [0, 0.05) is 31.6 Å². The normalized spacial score (nSPS) is 18.7. The fourth-order valence-corrected chi connectivity index (χ4v) is 1.82. The molecule has 1 saturated heterocycles. The highest BCUT2D eigenvalue weighted by molar-refractivity contribution is 7.07. The van der Waals surface area contributed by atoms with Gasteiger partial charge in [0.1, 0.15) is 5.82 Å². The predicted octanol–water partition coefficient (Wildman–Crippen LogP) is 0.553. The molecule has 0 aliphatic carbocycles. The Balaban J connectivity index is 2.04. The van der Waals surface area contributed by atoms with Crippen LogP contribution in [0.5, 0.6) is 0 Å². The fraction of sp³-hybridized carbons (Fsp3) is 0.571. The van der Waals surface area contributed by atoms with Gasteiger partial charge in [0.25, 0.3) is 0 Å². The minimum Gasteiger partial charge on any atom is -0.353 e. The summed E-state index contributed by atoms with van der Waals surface area (Å²) in [7, 11) is 0. The van der Waals surface area contributed by atoms with Gasteiger partial charge in [-0.2, -0.15) is 0 Å². The fourth-order valence-electron chi connectivity index (χ4n) is 1.26. The first-order chi connectivity index (χ1) is 5.47.